The van der Waals surface area contributed by atoms with E-state index in [-0.39, 0.29) is 17.9 Å². The lowest BCUT2D eigenvalue weighted by Gasteiger charge is -2.30. The smallest absolute Gasteiger partial charge is 0.409 e. The zero-order valence-corrected chi connectivity index (χ0v) is 16.5. The summed E-state index contributed by atoms with van der Waals surface area (Å²) in [5.74, 6) is -1.19. The molecule has 0 aliphatic carbocycles. The van der Waals surface area contributed by atoms with Crippen molar-refractivity contribution in [3.63, 3.8) is 0 Å². The Hall–Kier alpha value is -3.10. The quantitative estimate of drug-likeness (QED) is 0.739. The summed E-state index contributed by atoms with van der Waals surface area (Å²) in [5, 5.41) is 5.24. The van der Waals surface area contributed by atoms with Gasteiger partial charge in [-0.2, -0.15) is 0 Å². The number of methoxy groups -OCH3 is 1. The molecule has 0 bridgehead atoms. The molecule has 2 aliphatic heterocycles. The van der Waals surface area contributed by atoms with Gasteiger partial charge in [0.15, 0.2) is 0 Å². The monoisotopic (exact) mass is 402 g/mol. The van der Waals surface area contributed by atoms with E-state index in [1.165, 1.54) is 7.11 Å². The van der Waals surface area contributed by atoms with Crippen LogP contribution < -0.4 is 15.5 Å². The molecule has 2 heterocycles. The van der Waals surface area contributed by atoms with Crippen LogP contribution in [0.1, 0.15) is 25.7 Å². The molecule has 9 heteroatoms. The van der Waals surface area contributed by atoms with Crippen LogP contribution in [0.15, 0.2) is 24.3 Å². The predicted octanol–water partition coefficient (Wildman–Crippen LogP) is 1.35. The molecule has 9 nitrogen and oxygen atoms in total. The Labute approximate surface area is 169 Å². The fourth-order valence-corrected chi connectivity index (χ4v) is 3.63. The molecule has 0 unspecified atom stereocenters. The van der Waals surface area contributed by atoms with Gasteiger partial charge in [-0.3, -0.25) is 14.4 Å². The minimum Gasteiger partial charge on any atom is -0.453 e. The van der Waals surface area contributed by atoms with Gasteiger partial charge in [0.2, 0.25) is 5.91 Å². The molecule has 156 valence electrons. The van der Waals surface area contributed by atoms with Gasteiger partial charge in [-0.15, -0.1) is 0 Å². The van der Waals surface area contributed by atoms with Crippen molar-refractivity contribution >= 4 is 35.2 Å². The highest BCUT2D eigenvalue weighted by molar-refractivity contribution is 6.39. The van der Waals surface area contributed by atoms with Crippen LogP contribution in [0.3, 0.4) is 0 Å². The molecule has 3 rings (SSSR count). The van der Waals surface area contributed by atoms with Crippen molar-refractivity contribution in [1.29, 1.82) is 0 Å². The van der Waals surface area contributed by atoms with Gasteiger partial charge in [-0.25, -0.2) is 4.79 Å². The fourth-order valence-electron chi connectivity index (χ4n) is 3.63. The van der Waals surface area contributed by atoms with Crippen molar-refractivity contribution in [2.75, 3.05) is 43.5 Å². The number of amides is 4. The number of carbonyl (C=O) groups excluding carboxylic acids is 4. The van der Waals surface area contributed by atoms with E-state index in [0.717, 1.165) is 19.3 Å². The van der Waals surface area contributed by atoms with Gasteiger partial charge in [0, 0.05) is 44.0 Å². The SMILES string of the molecule is COC(=O)N1CCC(CNC(=O)C(=O)Nc2cccc(N3CCCC3=O)c2)CC1. The van der Waals surface area contributed by atoms with Gasteiger partial charge in [0.25, 0.3) is 0 Å². The number of likely N-dealkylation sites (tertiary alicyclic amines) is 1. The van der Waals surface area contributed by atoms with Crippen molar-refractivity contribution in [2.24, 2.45) is 5.92 Å². The van der Waals surface area contributed by atoms with E-state index < -0.39 is 11.8 Å². The standard InChI is InChI=1S/C20H26N4O5/c1-29-20(28)23-10-7-14(8-11-23)13-21-18(26)19(27)22-15-4-2-5-16(12-15)24-9-3-6-17(24)25/h2,4-5,12,14H,3,6-11,13H2,1H3,(H,21,26)(H,22,27). The molecular weight excluding hydrogens is 376 g/mol. The molecule has 1 aromatic rings. The molecule has 2 N–H and O–H groups in total. The summed E-state index contributed by atoms with van der Waals surface area (Å²) in [6.07, 6.45) is 2.48. The lowest BCUT2D eigenvalue weighted by molar-refractivity contribution is -0.136. The Balaban J connectivity index is 1.46. The maximum Gasteiger partial charge on any atom is 0.409 e. The lowest BCUT2D eigenvalue weighted by Crippen LogP contribution is -2.43. The fraction of sp³-hybridized carbons (Fsp3) is 0.500. The first kappa shape index (κ1) is 20.6. The van der Waals surface area contributed by atoms with E-state index >= 15 is 0 Å². The molecule has 0 aromatic heterocycles. The molecule has 2 saturated heterocycles. The second-order valence-electron chi connectivity index (χ2n) is 7.26. The van der Waals surface area contributed by atoms with Crippen molar-refractivity contribution in [3.8, 4) is 0 Å². The zero-order valence-electron chi connectivity index (χ0n) is 16.5. The number of carbonyl (C=O) groups is 4. The van der Waals surface area contributed by atoms with Gasteiger partial charge in [-0.05, 0) is 43.4 Å². The van der Waals surface area contributed by atoms with Crippen LogP contribution in [0, 0.1) is 5.92 Å². The number of nitrogens with one attached hydrogen (secondary N) is 2. The first-order chi connectivity index (χ1) is 14.0. The van der Waals surface area contributed by atoms with E-state index in [9.17, 15) is 19.2 Å². The molecule has 29 heavy (non-hydrogen) atoms. The van der Waals surface area contributed by atoms with Crippen LogP contribution in [0.2, 0.25) is 0 Å². The van der Waals surface area contributed by atoms with Gasteiger partial charge < -0.3 is 25.2 Å². The lowest BCUT2D eigenvalue weighted by atomic mass is 9.97. The maximum atomic E-state index is 12.2. The molecule has 2 aliphatic rings. The molecule has 0 radical (unpaired) electrons. The Morgan fingerprint density at radius 1 is 1.14 bits per heavy atom. The molecule has 1 aromatic carbocycles. The largest absolute Gasteiger partial charge is 0.453 e. The number of rotatable bonds is 4. The molecular formula is C20H26N4O5. The summed E-state index contributed by atoms with van der Waals surface area (Å²) >= 11 is 0. The third kappa shape index (κ3) is 5.24. The summed E-state index contributed by atoms with van der Waals surface area (Å²) in [6, 6.07) is 6.91. The molecule has 0 atom stereocenters. The summed E-state index contributed by atoms with van der Waals surface area (Å²) in [6.45, 7) is 2.18. The van der Waals surface area contributed by atoms with Crippen LogP contribution in [-0.4, -0.2) is 62.0 Å². The Morgan fingerprint density at radius 3 is 2.55 bits per heavy atom. The topological polar surface area (TPSA) is 108 Å². The van der Waals surface area contributed by atoms with Gasteiger partial charge in [-0.1, -0.05) is 6.07 Å². The molecule has 0 saturated carbocycles. The number of anilines is 2. The third-order valence-corrected chi connectivity index (χ3v) is 5.29. The number of nitrogens with zero attached hydrogens (tertiary/aromatic N) is 2. The predicted molar refractivity (Wildman–Crippen MR) is 106 cm³/mol. The number of ether oxygens (including phenoxy) is 1. The number of hydrogen-bond donors (Lipinski definition) is 2. The summed E-state index contributed by atoms with van der Waals surface area (Å²) < 4.78 is 4.70. The van der Waals surface area contributed by atoms with Crippen LogP contribution >= 0.6 is 0 Å². The minimum atomic E-state index is -0.748. The van der Waals surface area contributed by atoms with Crippen LogP contribution in [-0.2, 0) is 19.1 Å². The van der Waals surface area contributed by atoms with Crippen LogP contribution in [0.4, 0.5) is 16.2 Å². The van der Waals surface area contributed by atoms with E-state index in [1.807, 2.05) is 0 Å². The Bertz CT molecular complexity index is 789. The molecule has 2 fully saturated rings. The average Bonchev–Trinajstić information content (AvgIpc) is 3.17. The highest BCUT2D eigenvalue weighted by Gasteiger charge is 2.25. The minimum absolute atomic E-state index is 0.0597. The van der Waals surface area contributed by atoms with Crippen LogP contribution in [0.5, 0.6) is 0 Å². The summed E-state index contributed by atoms with van der Waals surface area (Å²) in [4.78, 5) is 51.0. The highest BCUT2D eigenvalue weighted by atomic mass is 16.5. The van der Waals surface area contributed by atoms with E-state index in [1.54, 1.807) is 34.1 Å². The van der Waals surface area contributed by atoms with Crippen molar-refractivity contribution in [1.82, 2.24) is 10.2 Å². The summed E-state index contributed by atoms with van der Waals surface area (Å²) in [7, 11) is 1.35. The maximum absolute atomic E-state index is 12.2. The first-order valence-electron chi connectivity index (χ1n) is 9.80. The van der Waals surface area contributed by atoms with Crippen molar-refractivity contribution in [2.45, 2.75) is 25.7 Å². The molecule has 0 spiro atoms. The van der Waals surface area contributed by atoms with Crippen molar-refractivity contribution in [3.05, 3.63) is 24.3 Å². The first-order valence-corrected chi connectivity index (χ1v) is 9.80. The Kier molecular flexibility index (Phi) is 6.69. The number of benzene rings is 1. The second kappa shape index (κ2) is 9.40. The molecule has 4 amide bonds. The van der Waals surface area contributed by atoms with E-state index in [2.05, 4.69) is 10.6 Å². The van der Waals surface area contributed by atoms with Crippen molar-refractivity contribution < 1.29 is 23.9 Å². The number of hydrogen-bond acceptors (Lipinski definition) is 5. The zero-order chi connectivity index (χ0) is 20.8. The number of piperidine rings is 1. The van der Waals surface area contributed by atoms with Gasteiger partial charge >= 0.3 is 17.9 Å². The Morgan fingerprint density at radius 2 is 1.90 bits per heavy atom. The third-order valence-electron chi connectivity index (χ3n) is 5.29. The second-order valence-corrected chi connectivity index (χ2v) is 7.26. The van der Waals surface area contributed by atoms with E-state index in [0.29, 0.717) is 44.0 Å². The van der Waals surface area contributed by atoms with Crippen LogP contribution in [0.25, 0.3) is 0 Å². The van der Waals surface area contributed by atoms with Gasteiger partial charge in [0.1, 0.15) is 0 Å². The van der Waals surface area contributed by atoms with E-state index in [4.69, 9.17) is 4.74 Å². The average molecular weight is 402 g/mol. The summed E-state index contributed by atoms with van der Waals surface area (Å²) in [5.41, 5.74) is 1.18. The normalized spacial score (nSPS) is 17.2. The van der Waals surface area contributed by atoms with Gasteiger partial charge in [0.05, 0.1) is 7.11 Å². The highest BCUT2D eigenvalue weighted by Crippen LogP contribution is 2.24.